The van der Waals surface area contributed by atoms with E-state index in [-0.39, 0.29) is 6.04 Å². The van der Waals surface area contributed by atoms with Gasteiger partial charge in [-0.3, -0.25) is 0 Å². The number of carbonyl (C=O) groups excluding carboxylic acids is 1. The zero-order chi connectivity index (χ0) is 8.10. The maximum atomic E-state index is 10.6. The van der Waals surface area contributed by atoms with Gasteiger partial charge >= 0.3 is 0 Å². The minimum Gasteiger partial charge on any atom is -0.344 e. The first-order chi connectivity index (χ1) is 5.38. The van der Waals surface area contributed by atoms with Gasteiger partial charge in [0, 0.05) is 12.4 Å². The average Bonchev–Trinajstić information content (AvgIpc) is 2.52. The summed E-state index contributed by atoms with van der Waals surface area (Å²) in [6, 6.07) is 3.91. The number of hydrogen-bond donors (Lipinski definition) is 0. The van der Waals surface area contributed by atoms with Crippen molar-refractivity contribution in [2.45, 2.75) is 25.8 Å². The minimum absolute atomic E-state index is 0.0370. The molecule has 0 bridgehead atoms. The van der Waals surface area contributed by atoms with Crippen molar-refractivity contribution in [2.75, 3.05) is 0 Å². The van der Waals surface area contributed by atoms with Crippen LogP contribution < -0.4 is 0 Å². The summed E-state index contributed by atoms with van der Waals surface area (Å²) in [6.07, 6.45) is 6.83. The second kappa shape index (κ2) is 3.96. The van der Waals surface area contributed by atoms with E-state index in [0.29, 0.717) is 0 Å². The number of carbonyl (C=O) groups is 1. The topological polar surface area (TPSA) is 22.0 Å². The Morgan fingerprint density at radius 2 is 2.09 bits per heavy atom. The molecule has 1 aromatic heterocycles. The van der Waals surface area contributed by atoms with Crippen LogP contribution in [0.25, 0.3) is 0 Å². The fraction of sp³-hybridized carbons (Fsp3) is 0.444. The van der Waals surface area contributed by atoms with Crippen LogP contribution in [0, 0.1) is 0 Å². The average molecular weight is 151 g/mol. The van der Waals surface area contributed by atoms with E-state index in [1.54, 1.807) is 0 Å². The largest absolute Gasteiger partial charge is 0.344 e. The maximum Gasteiger partial charge on any atom is 0.142 e. The van der Waals surface area contributed by atoms with E-state index in [2.05, 4.69) is 6.92 Å². The molecule has 0 radical (unpaired) electrons. The highest BCUT2D eigenvalue weighted by atomic mass is 16.1. The van der Waals surface area contributed by atoms with Crippen LogP contribution in [0.2, 0.25) is 0 Å². The standard InChI is InChI=1S/C9H13NO/c1-2-5-9(8-11)10-6-3-4-7-10/h3-4,6-9H,2,5H2,1H3/t9-/m0/s1. The monoisotopic (exact) mass is 151 g/mol. The van der Waals surface area contributed by atoms with Gasteiger partial charge in [0.25, 0.3) is 0 Å². The first kappa shape index (κ1) is 8.05. The Balaban J connectivity index is 2.63. The fourth-order valence-electron chi connectivity index (χ4n) is 1.15. The molecule has 2 nitrogen and oxygen atoms in total. The third-order valence-electron chi connectivity index (χ3n) is 1.75. The number of rotatable bonds is 4. The summed E-state index contributed by atoms with van der Waals surface area (Å²) in [7, 11) is 0. The number of aldehydes is 1. The second-order valence-corrected chi connectivity index (χ2v) is 2.62. The molecule has 1 atom stereocenters. The predicted molar refractivity (Wildman–Crippen MR) is 44.4 cm³/mol. The lowest BCUT2D eigenvalue weighted by Gasteiger charge is -2.09. The van der Waals surface area contributed by atoms with E-state index in [1.165, 1.54) is 0 Å². The van der Waals surface area contributed by atoms with E-state index in [9.17, 15) is 4.79 Å². The van der Waals surface area contributed by atoms with Gasteiger partial charge < -0.3 is 9.36 Å². The van der Waals surface area contributed by atoms with Crippen molar-refractivity contribution >= 4 is 6.29 Å². The molecule has 0 aliphatic heterocycles. The second-order valence-electron chi connectivity index (χ2n) is 2.62. The van der Waals surface area contributed by atoms with Gasteiger partial charge in [-0.2, -0.15) is 0 Å². The van der Waals surface area contributed by atoms with Crippen LogP contribution in [-0.2, 0) is 4.79 Å². The van der Waals surface area contributed by atoms with Crippen LogP contribution in [-0.4, -0.2) is 10.9 Å². The molecule has 1 rings (SSSR count). The molecule has 1 heterocycles. The van der Waals surface area contributed by atoms with Crippen LogP contribution in [0.4, 0.5) is 0 Å². The molecule has 2 heteroatoms. The van der Waals surface area contributed by atoms with Gasteiger partial charge in [0.1, 0.15) is 6.29 Å². The molecule has 0 unspecified atom stereocenters. The molecule has 11 heavy (non-hydrogen) atoms. The molecule has 0 N–H and O–H groups in total. The molecule has 0 fully saturated rings. The van der Waals surface area contributed by atoms with Gasteiger partial charge in [0.15, 0.2) is 0 Å². The Morgan fingerprint density at radius 1 is 1.45 bits per heavy atom. The van der Waals surface area contributed by atoms with Crippen LogP contribution in [0.15, 0.2) is 24.5 Å². The summed E-state index contributed by atoms with van der Waals surface area (Å²) >= 11 is 0. The summed E-state index contributed by atoms with van der Waals surface area (Å²) in [5, 5.41) is 0. The molecule has 0 spiro atoms. The van der Waals surface area contributed by atoms with Crippen molar-refractivity contribution in [3.63, 3.8) is 0 Å². The smallest absolute Gasteiger partial charge is 0.142 e. The maximum absolute atomic E-state index is 10.6. The Hall–Kier alpha value is -1.05. The molecule has 0 saturated carbocycles. The summed E-state index contributed by atoms with van der Waals surface area (Å²) in [4.78, 5) is 10.6. The van der Waals surface area contributed by atoms with Crippen LogP contribution in [0.1, 0.15) is 25.8 Å². The van der Waals surface area contributed by atoms with Crippen molar-refractivity contribution in [1.29, 1.82) is 0 Å². The van der Waals surface area contributed by atoms with Gasteiger partial charge in [-0.1, -0.05) is 13.3 Å². The van der Waals surface area contributed by atoms with E-state index < -0.39 is 0 Å². The highest BCUT2D eigenvalue weighted by molar-refractivity contribution is 5.55. The summed E-state index contributed by atoms with van der Waals surface area (Å²) in [5.74, 6) is 0. The minimum atomic E-state index is 0.0370. The van der Waals surface area contributed by atoms with Crippen molar-refractivity contribution in [2.24, 2.45) is 0 Å². The summed E-state index contributed by atoms with van der Waals surface area (Å²) in [6.45, 7) is 2.08. The Labute approximate surface area is 66.8 Å². The molecule has 0 aliphatic carbocycles. The Bertz CT molecular complexity index is 203. The molecule has 0 amide bonds. The van der Waals surface area contributed by atoms with Gasteiger partial charge in [-0.25, -0.2) is 0 Å². The molecule has 0 saturated heterocycles. The first-order valence-corrected chi connectivity index (χ1v) is 3.96. The Morgan fingerprint density at radius 3 is 2.55 bits per heavy atom. The van der Waals surface area contributed by atoms with Gasteiger partial charge in [-0.15, -0.1) is 0 Å². The molecular formula is C9H13NO. The third-order valence-corrected chi connectivity index (χ3v) is 1.75. The highest BCUT2D eigenvalue weighted by Gasteiger charge is 2.04. The quantitative estimate of drug-likeness (QED) is 0.603. The van der Waals surface area contributed by atoms with Crippen molar-refractivity contribution < 1.29 is 4.79 Å². The third kappa shape index (κ3) is 1.93. The summed E-state index contributed by atoms with van der Waals surface area (Å²) < 4.78 is 1.94. The van der Waals surface area contributed by atoms with E-state index in [4.69, 9.17) is 0 Å². The van der Waals surface area contributed by atoms with Crippen molar-refractivity contribution in [1.82, 2.24) is 4.57 Å². The fourth-order valence-corrected chi connectivity index (χ4v) is 1.15. The van der Waals surface area contributed by atoms with E-state index in [1.807, 2.05) is 29.1 Å². The SMILES string of the molecule is CCC[C@@H](C=O)n1cccc1. The molecule has 60 valence electrons. The molecule has 0 aliphatic rings. The number of nitrogens with zero attached hydrogens (tertiary/aromatic N) is 1. The van der Waals surface area contributed by atoms with Crippen LogP contribution in [0.5, 0.6) is 0 Å². The van der Waals surface area contributed by atoms with Crippen LogP contribution in [0.3, 0.4) is 0 Å². The molecule has 0 aromatic carbocycles. The van der Waals surface area contributed by atoms with Crippen LogP contribution >= 0.6 is 0 Å². The predicted octanol–water partition coefficient (Wildman–Crippen LogP) is 2.03. The zero-order valence-corrected chi connectivity index (χ0v) is 6.73. The number of hydrogen-bond acceptors (Lipinski definition) is 1. The number of aromatic nitrogens is 1. The van der Waals surface area contributed by atoms with Gasteiger partial charge in [0.05, 0.1) is 6.04 Å². The first-order valence-electron chi connectivity index (χ1n) is 3.96. The van der Waals surface area contributed by atoms with Crippen molar-refractivity contribution in [3.8, 4) is 0 Å². The lowest BCUT2D eigenvalue weighted by molar-refractivity contribution is -0.110. The van der Waals surface area contributed by atoms with E-state index >= 15 is 0 Å². The van der Waals surface area contributed by atoms with Crippen molar-refractivity contribution in [3.05, 3.63) is 24.5 Å². The van der Waals surface area contributed by atoms with E-state index in [0.717, 1.165) is 19.1 Å². The molecular weight excluding hydrogens is 138 g/mol. The molecule has 1 aromatic rings. The summed E-state index contributed by atoms with van der Waals surface area (Å²) in [5.41, 5.74) is 0. The van der Waals surface area contributed by atoms with Gasteiger partial charge in [-0.05, 0) is 18.6 Å². The van der Waals surface area contributed by atoms with Gasteiger partial charge in [0.2, 0.25) is 0 Å². The lowest BCUT2D eigenvalue weighted by atomic mass is 10.2. The normalized spacial score (nSPS) is 12.8. The zero-order valence-electron chi connectivity index (χ0n) is 6.73. The Kier molecular flexibility index (Phi) is 2.90. The highest BCUT2D eigenvalue weighted by Crippen LogP contribution is 2.10. The lowest BCUT2D eigenvalue weighted by Crippen LogP contribution is -2.07.